The number of amides is 1. The van der Waals surface area contributed by atoms with Crippen molar-refractivity contribution in [3.63, 3.8) is 0 Å². The molecule has 0 radical (unpaired) electrons. The average molecular weight is 404 g/mol. The highest BCUT2D eigenvalue weighted by molar-refractivity contribution is 7.10. The molecule has 29 heavy (non-hydrogen) atoms. The van der Waals surface area contributed by atoms with Gasteiger partial charge in [-0.05, 0) is 42.5 Å². The van der Waals surface area contributed by atoms with Gasteiger partial charge < -0.3 is 4.90 Å². The third kappa shape index (κ3) is 3.78. The Bertz CT molecular complexity index is 1120. The summed E-state index contributed by atoms with van der Waals surface area (Å²) in [6.07, 6.45) is 8.08. The van der Waals surface area contributed by atoms with Gasteiger partial charge in [0.05, 0.1) is 6.42 Å². The molecule has 4 aromatic rings. The number of nitrogens with zero attached hydrogens (tertiary/aromatic N) is 5. The highest BCUT2D eigenvalue weighted by Crippen LogP contribution is 2.27. The largest absolute Gasteiger partial charge is 0.342 e. The number of fused-ring (bicyclic) bond motifs is 1. The number of carbonyl (C=O) groups excluding carboxylic acids is 1. The van der Waals surface area contributed by atoms with E-state index >= 15 is 0 Å². The number of hydrogen-bond donors (Lipinski definition) is 0. The summed E-state index contributed by atoms with van der Waals surface area (Å²) in [5.41, 5.74) is 2.93. The van der Waals surface area contributed by atoms with Gasteiger partial charge in [0.25, 0.3) is 0 Å². The van der Waals surface area contributed by atoms with Crippen molar-refractivity contribution in [1.82, 2.24) is 24.5 Å². The lowest BCUT2D eigenvalue weighted by atomic mass is 9.97. The Morgan fingerprint density at radius 2 is 2.14 bits per heavy atom. The van der Waals surface area contributed by atoms with E-state index in [1.165, 1.54) is 0 Å². The van der Waals surface area contributed by atoms with Gasteiger partial charge in [-0.25, -0.2) is 9.50 Å². The van der Waals surface area contributed by atoms with Crippen LogP contribution in [0.4, 0.5) is 0 Å². The fourth-order valence-electron chi connectivity index (χ4n) is 3.87. The molecule has 4 aromatic heterocycles. The molecule has 1 atom stereocenters. The minimum Gasteiger partial charge on any atom is -0.342 e. The zero-order chi connectivity index (χ0) is 19.6. The molecule has 6 nitrogen and oxygen atoms in total. The van der Waals surface area contributed by atoms with Gasteiger partial charge in [0.2, 0.25) is 5.91 Å². The highest BCUT2D eigenvalue weighted by Gasteiger charge is 2.27. The van der Waals surface area contributed by atoms with E-state index in [4.69, 9.17) is 10.1 Å². The van der Waals surface area contributed by atoms with E-state index in [9.17, 15) is 4.79 Å². The van der Waals surface area contributed by atoms with Crippen LogP contribution in [-0.4, -0.2) is 43.5 Å². The van der Waals surface area contributed by atoms with Crippen molar-refractivity contribution in [3.05, 3.63) is 71.1 Å². The predicted molar refractivity (Wildman–Crippen MR) is 113 cm³/mol. The van der Waals surface area contributed by atoms with Gasteiger partial charge in [0, 0.05) is 53.6 Å². The number of pyridine rings is 2. The van der Waals surface area contributed by atoms with E-state index in [0.717, 1.165) is 46.9 Å². The van der Waals surface area contributed by atoms with E-state index in [0.29, 0.717) is 13.0 Å². The summed E-state index contributed by atoms with van der Waals surface area (Å²) in [6.45, 7) is 1.51. The molecule has 1 aliphatic rings. The normalized spacial score (nSPS) is 17.0. The highest BCUT2D eigenvalue weighted by atomic mass is 32.1. The lowest BCUT2D eigenvalue weighted by Gasteiger charge is -2.31. The van der Waals surface area contributed by atoms with Crippen LogP contribution in [0.15, 0.2) is 60.4 Å². The van der Waals surface area contributed by atoms with Crippen LogP contribution in [0.2, 0.25) is 0 Å². The quantitative estimate of drug-likeness (QED) is 0.520. The molecule has 0 unspecified atom stereocenters. The number of thiophene rings is 1. The Hall–Kier alpha value is -3.06. The Labute approximate surface area is 172 Å². The fraction of sp³-hybridized carbons (Fsp3) is 0.273. The minimum absolute atomic E-state index is 0.178. The zero-order valence-corrected chi connectivity index (χ0v) is 16.8. The first kappa shape index (κ1) is 18.0. The smallest absolute Gasteiger partial charge is 0.227 e. The number of likely N-dealkylation sites (tertiary alicyclic amines) is 1. The lowest BCUT2D eigenvalue weighted by molar-refractivity contribution is -0.131. The Balaban J connectivity index is 1.35. The van der Waals surface area contributed by atoms with Crippen molar-refractivity contribution in [2.75, 3.05) is 13.1 Å². The molecule has 1 saturated heterocycles. The zero-order valence-electron chi connectivity index (χ0n) is 15.9. The molecule has 0 spiro atoms. The van der Waals surface area contributed by atoms with Crippen LogP contribution in [0.1, 0.15) is 29.5 Å². The second-order valence-corrected chi connectivity index (χ2v) is 8.40. The summed E-state index contributed by atoms with van der Waals surface area (Å²) in [5.74, 6) is 1.19. The molecule has 0 aromatic carbocycles. The first-order valence-electron chi connectivity index (χ1n) is 9.83. The molecular formula is C22H21N5OS. The lowest BCUT2D eigenvalue weighted by Crippen LogP contribution is -2.40. The molecular weight excluding hydrogens is 382 g/mol. The van der Waals surface area contributed by atoms with Gasteiger partial charge >= 0.3 is 0 Å². The standard InChI is InChI=1S/C22H21N5OS/c28-21(12-19-6-3-11-29-19)26-10-2-5-18(14-26)22-24-20-8-7-17(15-27(20)25-22)16-4-1-9-23-13-16/h1,3-4,6-9,11,13,15,18H,2,5,10,12,14H2/t18-/m0/s1. The molecule has 5 heterocycles. The third-order valence-corrected chi connectivity index (χ3v) is 6.26. The monoisotopic (exact) mass is 403 g/mol. The van der Waals surface area contributed by atoms with Crippen LogP contribution in [0, 0.1) is 0 Å². The summed E-state index contributed by atoms with van der Waals surface area (Å²) in [4.78, 5) is 24.7. The summed E-state index contributed by atoms with van der Waals surface area (Å²) in [5, 5.41) is 6.76. The molecule has 5 rings (SSSR count). The van der Waals surface area contributed by atoms with E-state index in [2.05, 4.69) is 4.98 Å². The molecule has 0 bridgehead atoms. The fourth-order valence-corrected chi connectivity index (χ4v) is 4.56. The Kier molecular flexibility index (Phi) is 4.81. The van der Waals surface area contributed by atoms with E-state index in [1.807, 2.05) is 63.6 Å². The van der Waals surface area contributed by atoms with Gasteiger partial charge in [-0.1, -0.05) is 12.1 Å². The number of rotatable bonds is 4. The summed E-state index contributed by atoms with van der Waals surface area (Å²) < 4.78 is 1.84. The molecule has 146 valence electrons. The van der Waals surface area contributed by atoms with Crippen molar-refractivity contribution >= 4 is 22.9 Å². The maximum absolute atomic E-state index is 12.7. The van der Waals surface area contributed by atoms with Gasteiger partial charge in [0.15, 0.2) is 11.5 Å². The maximum atomic E-state index is 12.7. The summed E-state index contributed by atoms with van der Waals surface area (Å²) >= 11 is 1.63. The SMILES string of the molecule is O=C(Cc1cccs1)N1CCC[C@H](c2nc3ccc(-c4cccnc4)cn3n2)C1. The van der Waals surface area contributed by atoms with Gasteiger partial charge in [-0.15, -0.1) is 11.3 Å². The molecule has 1 fully saturated rings. The van der Waals surface area contributed by atoms with E-state index in [1.54, 1.807) is 17.5 Å². The summed E-state index contributed by atoms with van der Waals surface area (Å²) in [6, 6.07) is 12.0. The van der Waals surface area contributed by atoms with Crippen LogP contribution < -0.4 is 0 Å². The molecule has 0 aliphatic carbocycles. The molecule has 0 N–H and O–H groups in total. The van der Waals surface area contributed by atoms with E-state index in [-0.39, 0.29) is 11.8 Å². The maximum Gasteiger partial charge on any atom is 0.227 e. The first-order chi connectivity index (χ1) is 14.3. The Morgan fingerprint density at radius 3 is 2.97 bits per heavy atom. The topological polar surface area (TPSA) is 63.4 Å². The van der Waals surface area contributed by atoms with Crippen LogP contribution in [0.25, 0.3) is 16.8 Å². The van der Waals surface area contributed by atoms with Crippen molar-refractivity contribution in [1.29, 1.82) is 0 Å². The van der Waals surface area contributed by atoms with Crippen molar-refractivity contribution in [2.24, 2.45) is 0 Å². The van der Waals surface area contributed by atoms with Crippen LogP contribution in [0.3, 0.4) is 0 Å². The van der Waals surface area contributed by atoms with Gasteiger partial charge in [-0.3, -0.25) is 9.78 Å². The summed E-state index contributed by atoms with van der Waals surface area (Å²) in [7, 11) is 0. The van der Waals surface area contributed by atoms with Gasteiger partial charge in [-0.2, -0.15) is 5.10 Å². The van der Waals surface area contributed by atoms with Crippen LogP contribution >= 0.6 is 11.3 Å². The van der Waals surface area contributed by atoms with Crippen LogP contribution in [0.5, 0.6) is 0 Å². The van der Waals surface area contributed by atoms with Gasteiger partial charge in [0.1, 0.15) is 0 Å². The third-order valence-electron chi connectivity index (χ3n) is 5.39. The van der Waals surface area contributed by atoms with Crippen molar-refractivity contribution in [3.8, 4) is 11.1 Å². The second kappa shape index (κ2) is 7.75. The first-order valence-corrected chi connectivity index (χ1v) is 10.7. The molecule has 7 heteroatoms. The Morgan fingerprint density at radius 1 is 1.17 bits per heavy atom. The number of aromatic nitrogens is 4. The molecule has 1 amide bonds. The van der Waals surface area contributed by atoms with Crippen molar-refractivity contribution in [2.45, 2.75) is 25.2 Å². The second-order valence-electron chi connectivity index (χ2n) is 7.37. The van der Waals surface area contributed by atoms with Crippen molar-refractivity contribution < 1.29 is 4.79 Å². The van der Waals surface area contributed by atoms with E-state index < -0.39 is 0 Å². The predicted octanol–water partition coefficient (Wildman–Crippen LogP) is 3.80. The minimum atomic E-state index is 0.178. The average Bonchev–Trinajstić information content (AvgIpc) is 3.43. The number of hydrogen-bond acceptors (Lipinski definition) is 5. The number of piperidine rings is 1. The molecule has 0 saturated carbocycles. The number of carbonyl (C=O) groups is 1. The van der Waals surface area contributed by atoms with Crippen LogP contribution in [-0.2, 0) is 11.2 Å². The molecule has 1 aliphatic heterocycles.